The molecule has 0 saturated heterocycles. The Labute approximate surface area is 226 Å². The maximum Gasteiger partial charge on any atom is 0.266 e. The molecule has 0 heterocycles. The Kier molecular flexibility index (Phi) is 9.02. The maximum atomic E-state index is 12.7. The predicted octanol–water partition coefficient (Wildman–Crippen LogP) is 8.71. The molecule has 9 heteroatoms. The SMILES string of the molecule is Cc1cc(Br)c(NC(=O)/C(C#N)=C/c2cc(Cl)c(OCc3ccccc3Cl)c(Br)c2)c(Br)c1. The zero-order valence-corrected chi connectivity index (χ0v) is 23.3. The van der Waals surface area contributed by atoms with Crippen LogP contribution in [0.25, 0.3) is 6.08 Å². The van der Waals surface area contributed by atoms with E-state index in [0.717, 1.165) is 11.1 Å². The van der Waals surface area contributed by atoms with Crippen molar-refractivity contribution < 1.29 is 9.53 Å². The van der Waals surface area contributed by atoms with Gasteiger partial charge in [0.2, 0.25) is 0 Å². The van der Waals surface area contributed by atoms with E-state index in [1.165, 1.54) is 6.08 Å². The summed E-state index contributed by atoms with van der Waals surface area (Å²) in [7, 11) is 0. The van der Waals surface area contributed by atoms with Gasteiger partial charge in [-0.25, -0.2) is 0 Å². The topological polar surface area (TPSA) is 62.1 Å². The van der Waals surface area contributed by atoms with Crippen LogP contribution in [0.1, 0.15) is 16.7 Å². The molecule has 0 aliphatic carbocycles. The lowest BCUT2D eigenvalue weighted by molar-refractivity contribution is -0.112. The van der Waals surface area contributed by atoms with Gasteiger partial charge in [-0.1, -0.05) is 41.4 Å². The molecule has 0 spiro atoms. The average molecular weight is 674 g/mol. The number of aryl methyl sites for hydroxylation is 1. The van der Waals surface area contributed by atoms with Gasteiger partial charge in [-0.05, 0) is 102 Å². The van der Waals surface area contributed by atoms with Crippen molar-refractivity contribution in [3.8, 4) is 11.8 Å². The Morgan fingerprint density at radius 3 is 2.33 bits per heavy atom. The molecular formula is C24H15Br3Cl2N2O2. The Hall–Kier alpha value is -1.82. The second-order valence-corrected chi connectivity index (χ2v) is 10.3. The summed E-state index contributed by atoms with van der Waals surface area (Å²) < 4.78 is 7.82. The molecule has 0 atom stereocenters. The highest BCUT2D eigenvalue weighted by atomic mass is 79.9. The van der Waals surface area contributed by atoms with Gasteiger partial charge in [0, 0.05) is 19.5 Å². The molecule has 0 fully saturated rings. The standard InChI is InChI=1S/C24H15Br3Cl2N2O2/c1-13-6-17(25)22(18(26)7-13)31-24(32)16(11-30)8-14-9-19(27)23(21(29)10-14)33-12-15-4-2-3-5-20(15)28/h2-10H,12H2,1H3,(H,31,32)/b16-8+. The van der Waals surface area contributed by atoms with Gasteiger partial charge in [0.1, 0.15) is 18.2 Å². The lowest BCUT2D eigenvalue weighted by Crippen LogP contribution is -2.14. The molecule has 0 bridgehead atoms. The lowest BCUT2D eigenvalue weighted by Gasteiger charge is -2.12. The van der Waals surface area contributed by atoms with Crippen molar-refractivity contribution in [3.05, 3.63) is 94.3 Å². The fraction of sp³-hybridized carbons (Fsp3) is 0.0833. The summed E-state index contributed by atoms with van der Waals surface area (Å²) >= 11 is 22.9. The van der Waals surface area contributed by atoms with Crippen LogP contribution in [0.15, 0.2) is 67.5 Å². The number of nitrogens with one attached hydrogen (secondary N) is 1. The third-order valence-corrected chi connectivity index (χ3v) is 6.94. The van der Waals surface area contributed by atoms with Gasteiger partial charge in [-0.2, -0.15) is 5.26 Å². The first-order chi connectivity index (χ1) is 15.7. The number of anilines is 1. The third kappa shape index (κ3) is 6.62. The van der Waals surface area contributed by atoms with Crippen molar-refractivity contribution in [2.75, 3.05) is 5.32 Å². The number of carbonyl (C=O) groups is 1. The number of hydrogen-bond acceptors (Lipinski definition) is 3. The van der Waals surface area contributed by atoms with Crippen LogP contribution >= 0.6 is 71.0 Å². The smallest absolute Gasteiger partial charge is 0.266 e. The van der Waals surface area contributed by atoms with E-state index in [1.807, 2.05) is 43.3 Å². The zero-order valence-electron chi connectivity index (χ0n) is 17.1. The van der Waals surface area contributed by atoms with Crippen molar-refractivity contribution in [2.45, 2.75) is 13.5 Å². The van der Waals surface area contributed by atoms with Gasteiger partial charge in [0.05, 0.1) is 15.2 Å². The Bertz CT molecular complexity index is 1260. The minimum Gasteiger partial charge on any atom is -0.486 e. The van der Waals surface area contributed by atoms with Crippen molar-refractivity contribution in [1.82, 2.24) is 0 Å². The van der Waals surface area contributed by atoms with Crippen LogP contribution in [0.4, 0.5) is 5.69 Å². The first-order valence-corrected chi connectivity index (χ1v) is 12.6. The summed E-state index contributed by atoms with van der Waals surface area (Å²) in [6, 6.07) is 16.4. The molecule has 33 heavy (non-hydrogen) atoms. The Morgan fingerprint density at radius 2 is 1.73 bits per heavy atom. The van der Waals surface area contributed by atoms with E-state index >= 15 is 0 Å². The lowest BCUT2D eigenvalue weighted by atomic mass is 10.1. The van der Waals surface area contributed by atoms with E-state index in [1.54, 1.807) is 18.2 Å². The number of nitriles is 1. The quantitative estimate of drug-likeness (QED) is 0.210. The first-order valence-electron chi connectivity index (χ1n) is 9.43. The van der Waals surface area contributed by atoms with Crippen LogP contribution in [0.2, 0.25) is 10.0 Å². The minimum atomic E-state index is -0.547. The second-order valence-electron chi connectivity index (χ2n) is 6.92. The predicted molar refractivity (Wildman–Crippen MR) is 144 cm³/mol. The highest BCUT2D eigenvalue weighted by Crippen LogP contribution is 2.36. The van der Waals surface area contributed by atoms with Gasteiger partial charge in [0.15, 0.2) is 5.75 Å². The van der Waals surface area contributed by atoms with Crippen LogP contribution in [-0.2, 0) is 11.4 Å². The van der Waals surface area contributed by atoms with Crippen LogP contribution in [-0.4, -0.2) is 5.91 Å². The van der Waals surface area contributed by atoms with Crippen LogP contribution in [0.5, 0.6) is 5.75 Å². The number of amides is 1. The second kappa shape index (κ2) is 11.5. The number of benzene rings is 3. The van der Waals surface area contributed by atoms with Crippen molar-refractivity contribution in [3.63, 3.8) is 0 Å². The van der Waals surface area contributed by atoms with Gasteiger partial charge in [-0.15, -0.1) is 0 Å². The van der Waals surface area contributed by atoms with E-state index in [2.05, 4.69) is 53.1 Å². The molecule has 0 aliphatic rings. The van der Waals surface area contributed by atoms with Gasteiger partial charge in [0.25, 0.3) is 5.91 Å². The number of ether oxygens (including phenoxy) is 1. The minimum absolute atomic E-state index is 0.0814. The van der Waals surface area contributed by atoms with Crippen molar-refractivity contribution >= 4 is 88.7 Å². The van der Waals surface area contributed by atoms with E-state index in [-0.39, 0.29) is 12.2 Å². The summed E-state index contributed by atoms with van der Waals surface area (Å²) in [5.74, 6) is -0.113. The molecule has 0 unspecified atom stereocenters. The molecule has 0 aromatic heterocycles. The summed E-state index contributed by atoms with van der Waals surface area (Å²) in [5, 5.41) is 13.2. The number of rotatable bonds is 6. The van der Waals surface area contributed by atoms with Crippen LogP contribution in [0, 0.1) is 18.3 Å². The zero-order chi connectivity index (χ0) is 24.1. The average Bonchev–Trinajstić information content (AvgIpc) is 2.75. The summed E-state index contributed by atoms with van der Waals surface area (Å²) in [5.41, 5.74) is 2.85. The summed E-state index contributed by atoms with van der Waals surface area (Å²) in [4.78, 5) is 12.7. The third-order valence-electron chi connectivity index (χ3n) is 4.45. The molecule has 4 nitrogen and oxygen atoms in total. The Morgan fingerprint density at radius 1 is 1.06 bits per heavy atom. The highest BCUT2D eigenvalue weighted by molar-refractivity contribution is 9.11. The number of hydrogen-bond donors (Lipinski definition) is 1. The van der Waals surface area contributed by atoms with Crippen LogP contribution < -0.4 is 10.1 Å². The molecule has 3 aromatic carbocycles. The molecule has 1 N–H and O–H groups in total. The van der Waals surface area contributed by atoms with E-state index in [4.69, 9.17) is 27.9 Å². The largest absolute Gasteiger partial charge is 0.486 e. The molecule has 3 aromatic rings. The maximum absolute atomic E-state index is 12.7. The number of halogens is 5. The molecule has 0 radical (unpaired) electrons. The summed E-state index contributed by atoms with van der Waals surface area (Å²) in [6.45, 7) is 2.17. The molecule has 168 valence electrons. The number of nitrogens with zero attached hydrogens (tertiary/aromatic N) is 1. The fourth-order valence-corrected chi connectivity index (χ4v) is 5.67. The van der Waals surface area contributed by atoms with Crippen molar-refractivity contribution in [1.29, 1.82) is 5.26 Å². The van der Waals surface area contributed by atoms with Gasteiger partial charge < -0.3 is 10.1 Å². The van der Waals surface area contributed by atoms with E-state index < -0.39 is 5.91 Å². The fourth-order valence-electron chi connectivity index (χ4n) is 2.88. The molecule has 0 aliphatic heterocycles. The number of carbonyl (C=O) groups excluding carboxylic acids is 1. The van der Waals surface area contributed by atoms with E-state index in [0.29, 0.717) is 40.5 Å². The normalized spacial score (nSPS) is 11.1. The van der Waals surface area contributed by atoms with E-state index in [9.17, 15) is 10.1 Å². The molecule has 1 amide bonds. The van der Waals surface area contributed by atoms with Gasteiger partial charge in [-0.3, -0.25) is 4.79 Å². The molecular weight excluding hydrogens is 659 g/mol. The highest BCUT2D eigenvalue weighted by Gasteiger charge is 2.16. The molecule has 0 saturated carbocycles. The first kappa shape index (κ1) is 25.8. The monoisotopic (exact) mass is 670 g/mol. The summed E-state index contributed by atoms with van der Waals surface area (Å²) in [6.07, 6.45) is 1.46. The Balaban J connectivity index is 1.82. The van der Waals surface area contributed by atoms with Gasteiger partial charge >= 0.3 is 0 Å². The molecule has 3 rings (SSSR count). The van der Waals surface area contributed by atoms with Crippen molar-refractivity contribution in [2.24, 2.45) is 0 Å². The van der Waals surface area contributed by atoms with Crippen LogP contribution in [0.3, 0.4) is 0 Å².